The Bertz CT molecular complexity index is 1700. The third-order valence-corrected chi connectivity index (χ3v) is 10.9. The summed E-state index contributed by atoms with van der Waals surface area (Å²) in [7, 11) is 2.90. The Kier molecular flexibility index (Phi) is 7.99. The molecule has 3 aliphatic heterocycles. The molecular weight excluding hydrogens is 619 g/mol. The van der Waals surface area contributed by atoms with Crippen LogP contribution in [0.25, 0.3) is 0 Å². The zero-order chi connectivity index (χ0) is 31.3. The van der Waals surface area contributed by atoms with Gasteiger partial charge in [-0.2, -0.15) is 13.2 Å². The van der Waals surface area contributed by atoms with Crippen molar-refractivity contribution in [3.8, 4) is 11.5 Å². The summed E-state index contributed by atoms with van der Waals surface area (Å²) in [6.45, 7) is 0.940. The van der Waals surface area contributed by atoms with E-state index in [2.05, 4.69) is 0 Å². The van der Waals surface area contributed by atoms with Crippen LogP contribution in [0.2, 0.25) is 0 Å². The van der Waals surface area contributed by atoms with Gasteiger partial charge in [0.15, 0.2) is 11.5 Å². The van der Waals surface area contributed by atoms with E-state index < -0.39 is 51.2 Å². The normalized spacial score (nSPS) is 21.7. The Hall–Kier alpha value is -3.78. The lowest BCUT2D eigenvalue weighted by atomic mass is 9.83. The van der Waals surface area contributed by atoms with E-state index in [1.165, 1.54) is 30.9 Å². The van der Waals surface area contributed by atoms with E-state index >= 15 is 0 Å². The zero-order valence-corrected chi connectivity index (χ0v) is 25.4. The van der Waals surface area contributed by atoms with Crippen LogP contribution in [0.3, 0.4) is 0 Å². The number of methoxy groups -OCH3 is 2. The molecule has 9 nitrogen and oxygen atoms in total. The standard InChI is InChI=1S/C30H28F3N3O6S2/c1-41-19-11-10-16(14-20(19)42-2)22-23-24(27(39)36(26(23)38)18-9-5-4-8-17(18)30(31,32)33)43-28-25(22)44-29(40)35(28)15-21(37)34-12-6-3-7-13-34/h4-5,8-11,14,22-24H,3,6-7,12-13,15H2,1-2H3/t22-,23?,24?/m1/s1. The molecule has 3 amide bonds. The Balaban J connectivity index is 1.48. The summed E-state index contributed by atoms with van der Waals surface area (Å²) in [6.07, 6.45) is -2.05. The molecule has 2 saturated heterocycles. The number of carbonyl (C=O) groups is 3. The maximum atomic E-state index is 14.1. The number of carbonyl (C=O) groups excluding carboxylic acids is 3. The molecule has 0 N–H and O–H groups in total. The number of para-hydroxylation sites is 1. The van der Waals surface area contributed by atoms with Crippen LogP contribution in [-0.2, 0) is 27.1 Å². The second kappa shape index (κ2) is 11.6. The zero-order valence-electron chi connectivity index (χ0n) is 23.8. The SMILES string of the molecule is COc1ccc([C@H]2c3sc(=O)n(CC(=O)N4CCCCC4)c3SC3C(=O)N(c4ccccc4C(F)(F)F)C(=O)C32)cc1OC. The number of amides is 3. The van der Waals surface area contributed by atoms with Crippen molar-refractivity contribution < 1.29 is 37.0 Å². The van der Waals surface area contributed by atoms with Gasteiger partial charge in [-0.25, -0.2) is 4.90 Å². The van der Waals surface area contributed by atoms with Crippen molar-refractivity contribution >= 4 is 46.5 Å². The maximum absolute atomic E-state index is 14.1. The van der Waals surface area contributed by atoms with Crippen molar-refractivity contribution in [3.63, 3.8) is 0 Å². The van der Waals surface area contributed by atoms with Crippen molar-refractivity contribution in [2.45, 2.75) is 48.2 Å². The van der Waals surface area contributed by atoms with Crippen molar-refractivity contribution in [1.29, 1.82) is 0 Å². The fraction of sp³-hybridized carbons (Fsp3) is 0.400. The van der Waals surface area contributed by atoms with E-state index in [1.807, 2.05) is 0 Å². The summed E-state index contributed by atoms with van der Waals surface area (Å²) in [5, 5.41) is -0.779. The Morgan fingerprint density at radius 1 is 0.955 bits per heavy atom. The predicted molar refractivity (Wildman–Crippen MR) is 157 cm³/mol. The Labute approximate surface area is 258 Å². The molecule has 3 atom stereocenters. The molecule has 2 unspecified atom stereocenters. The fourth-order valence-corrected chi connectivity index (χ4v) is 8.96. The van der Waals surface area contributed by atoms with E-state index in [-0.39, 0.29) is 12.5 Å². The van der Waals surface area contributed by atoms with Gasteiger partial charge in [0.25, 0.3) is 0 Å². The van der Waals surface area contributed by atoms with Gasteiger partial charge in [-0.3, -0.25) is 23.7 Å². The molecule has 44 heavy (non-hydrogen) atoms. The Morgan fingerprint density at radius 3 is 2.34 bits per heavy atom. The molecule has 0 saturated carbocycles. The first-order chi connectivity index (χ1) is 21.0. The number of alkyl halides is 3. The smallest absolute Gasteiger partial charge is 0.418 e. The van der Waals surface area contributed by atoms with Gasteiger partial charge in [0.2, 0.25) is 17.7 Å². The van der Waals surface area contributed by atoms with Crippen LogP contribution in [-0.4, -0.2) is 59.7 Å². The molecule has 0 bridgehead atoms. The van der Waals surface area contributed by atoms with E-state index in [4.69, 9.17) is 9.47 Å². The van der Waals surface area contributed by atoms with Crippen molar-refractivity contribution in [3.05, 3.63) is 68.1 Å². The number of anilines is 1. The topological polar surface area (TPSA) is 98.1 Å². The van der Waals surface area contributed by atoms with Crippen molar-refractivity contribution in [1.82, 2.24) is 9.47 Å². The third kappa shape index (κ3) is 5.07. The summed E-state index contributed by atoms with van der Waals surface area (Å²) >= 11 is 1.83. The fourth-order valence-electron chi connectivity index (χ4n) is 6.19. The first-order valence-corrected chi connectivity index (χ1v) is 15.7. The van der Waals surface area contributed by atoms with E-state index in [9.17, 15) is 32.3 Å². The highest BCUT2D eigenvalue weighted by atomic mass is 32.2. The molecule has 3 aromatic rings. The number of thioether (sulfide) groups is 1. The maximum Gasteiger partial charge on any atom is 0.418 e. The van der Waals surface area contributed by atoms with E-state index in [0.717, 1.165) is 54.5 Å². The molecule has 0 spiro atoms. The number of piperidine rings is 1. The summed E-state index contributed by atoms with van der Waals surface area (Å²) in [4.78, 5) is 57.0. The summed E-state index contributed by atoms with van der Waals surface area (Å²) in [5.74, 6) is -3.09. The largest absolute Gasteiger partial charge is 0.493 e. The molecule has 232 valence electrons. The van der Waals surface area contributed by atoms with E-state index in [0.29, 0.717) is 45.0 Å². The van der Waals surface area contributed by atoms with Gasteiger partial charge in [0.1, 0.15) is 11.8 Å². The number of imide groups is 1. The van der Waals surface area contributed by atoms with Gasteiger partial charge >= 0.3 is 11.0 Å². The number of benzene rings is 2. The van der Waals surface area contributed by atoms with Gasteiger partial charge in [-0.1, -0.05) is 41.3 Å². The number of hydrogen-bond donors (Lipinski definition) is 0. The molecule has 2 fully saturated rings. The predicted octanol–water partition coefficient (Wildman–Crippen LogP) is 4.75. The van der Waals surface area contributed by atoms with Crippen LogP contribution in [0.1, 0.15) is 41.2 Å². The van der Waals surface area contributed by atoms with Gasteiger partial charge in [-0.15, -0.1) is 0 Å². The molecule has 4 heterocycles. The molecule has 14 heteroatoms. The van der Waals surface area contributed by atoms with Crippen LogP contribution >= 0.6 is 23.1 Å². The second-order valence-corrected chi connectivity index (χ2v) is 12.9. The number of rotatable bonds is 6. The summed E-state index contributed by atoms with van der Waals surface area (Å²) in [5.41, 5.74) is -1.13. The lowest BCUT2D eigenvalue weighted by molar-refractivity contribution is -0.137. The van der Waals surface area contributed by atoms with Crippen LogP contribution in [0.4, 0.5) is 18.9 Å². The van der Waals surface area contributed by atoms with Crippen molar-refractivity contribution in [2.24, 2.45) is 5.92 Å². The minimum atomic E-state index is -4.81. The highest BCUT2D eigenvalue weighted by Crippen LogP contribution is 2.55. The number of likely N-dealkylation sites (tertiary alicyclic amines) is 1. The average molecular weight is 648 g/mol. The second-order valence-electron chi connectivity index (χ2n) is 10.7. The minimum absolute atomic E-state index is 0.229. The van der Waals surface area contributed by atoms with Gasteiger partial charge in [-0.05, 0) is 49.1 Å². The molecule has 0 aliphatic carbocycles. The van der Waals surface area contributed by atoms with Crippen LogP contribution in [0, 0.1) is 5.92 Å². The van der Waals surface area contributed by atoms with Crippen LogP contribution < -0.4 is 19.2 Å². The number of nitrogens with zero attached hydrogens (tertiary/aromatic N) is 3. The van der Waals surface area contributed by atoms with Gasteiger partial charge < -0.3 is 14.4 Å². The average Bonchev–Trinajstić information content (AvgIpc) is 3.46. The van der Waals surface area contributed by atoms with Crippen LogP contribution in [0.15, 0.2) is 52.3 Å². The third-order valence-electron chi connectivity index (χ3n) is 8.27. The summed E-state index contributed by atoms with van der Waals surface area (Å²) < 4.78 is 54.2. The number of halogens is 3. The monoisotopic (exact) mass is 647 g/mol. The van der Waals surface area contributed by atoms with Gasteiger partial charge in [0, 0.05) is 23.9 Å². The number of ether oxygens (including phenoxy) is 2. The highest BCUT2D eigenvalue weighted by Gasteiger charge is 2.58. The molecule has 2 aromatic carbocycles. The number of thiazole rings is 1. The first kappa shape index (κ1) is 30.3. The lowest BCUT2D eigenvalue weighted by Gasteiger charge is -2.31. The quantitative estimate of drug-likeness (QED) is 0.356. The number of aromatic nitrogens is 1. The molecule has 1 aromatic heterocycles. The highest BCUT2D eigenvalue weighted by molar-refractivity contribution is 8.00. The van der Waals surface area contributed by atoms with Crippen molar-refractivity contribution in [2.75, 3.05) is 32.2 Å². The lowest BCUT2D eigenvalue weighted by Crippen LogP contribution is -2.39. The van der Waals surface area contributed by atoms with Gasteiger partial charge in [0.05, 0.1) is 36.4 Å². The van der Waals surface area contributed by atoms with Crippen LogP contribution in [0.5, 0.6) is 11.5 Å². The minimum Gasteiger partial charge on any atom is -0.493 e. The first-order valence-electron chi connectivity index (χ1n) is 14.0. The molecule has 3 aliphatic rings. The Morgan fingerprint density at radius 2 is 1.66 bits per heavy atom. The number of hydrogen-bond acceptors (Lipinski definition) is 8. The molecule has 0 radical (unpaired) electrons. The number of fused-ring (bicyclic) bond motifs is 2. The van der Waals surface area contributed by atoms with E-state index in [1.54, 1.807) is 23.1 Å². The summed E-state index contributed by atoms with van der Waals surface area (Å²) in [6, 6.07) is 9.42. The molecule has 6 rings (SSSR count). The molecular formula is C30H28F3N3O6S2.